The van der Waals surface area contributed by atoms with Gasteiger partial charge >= 0.3 is 0 Å². The lowest BCUT2D eigenvalue weighted by Gasteiger charge is -2.11. The summed E-state index contributed by atoms with van der Waals surface area (Å²) in [5.41, 5.74) is 2.69. The number of carbonyl (C=O) groups is 2. The molecule has 0 radical (unpaired) electrons. The van der Waals surface area contributed by atoms with Gasteiger partial charge in [-0.2, -0.15) is 0 Å². The molecule has 5 nitrogen and oxygen atoms in total. The van der Waals surface area contributed by atoms with E-state index in [-0.39, 0.29) is 18.4 Å². The minimum absolute atomic E-state index is 0.0275. The number of nitrogens with zero attached hydrogens (tertiary/aromatic N) is 1. The highest BCUT2D eigenvalue weighted by Crippen LogP contribution is 2.11. The van der Waals surface area contributed by atoms with Crippen LogP contribution in [0.2, 0.25) is 0 Å². The number of carbonyl (C=O) groups excluding carboxylic acids is 2. The topological polar surface area (TPSA) is 58.6 Å². The maximum Gasteiger partial charge on any atom is 0.258 e. The predicted octanol–water partition coefficient (Wildman–Crippen LogP) is 2.39. The molecule has 5 heteroatoms. The molecule has 0 aromatic heterocycles. The second-order valence-corrected chi connectivity index (χ2v) is 5.77. The standard InChI is InChI=1S/C19H22N2O3/c1-14-4-10-17(11-5-14)24-13-18(22)20-12-15-6-8-16(9-7-15)19(23)21(2)3/h4-11H,12-13H2,1-3H3,(H,20,22). The molecule has 0 aliphatic rings. The van der Waals surface area contributed by atoms with Crippen molar-refractivity contribution in [1.82, 2.24) is 10.2 Å². The van der Waals surface area contributed by atoms with E-state index in [1.807, 2.05) is 43.3 Å². The van der Waals surface area contributed by atoms with Crippen molar-refractivity contribution >= 4 is 11.8 Å². The lowest BCUT2D eigenvalue weighted by atomic mass is 10.1. The molecule has 0 aliphatic carbocycles. The van der Waals surface area contributed by atoms with Gasteiger partial charge in [0, 0.05) is 26.2 Å². The molecule has 0 bridgehead atoms. The first-order valence-electron chi connectivity index (χ1n) is 7.72. The maximum atomic E-state index is 11.8. The van der Waals surface area contributed by atoms with Gasteiger partial charge in [-0.05, 0) is 36.8 Å². The zero-order valence-corrected chi connectivity index (χ0v) is 14.2. The SMILES string of the molecule is Cc1ccc(OCC(=O)NCc2ccc(C(=O)N(C)C)cc2)cc1. The number of nitrogens with one attached hydrogen (secondary N) is 1. The van der Waals surface area contributed by atoms with Gasteiger partial charge in [0.05, 0.1) is 0 Å². The second-order valence-electron chi connectivity index (χ2n) is 5.77. The third-order valence-electron chi connectivity index (χ3n) is 3.49. The molecule has 0 fully saturated rings. The number of benzene rings is 2. The number of hydrogen-bond donors (Lipinski definition) is 1. The summed E-state index contributed by atoms with van der Waals surface area (Å²) in [5, 5.41) is 2.79. The zero-order valence-electron chi connectivity index (χ0n) is 14.2. The lowest BCUT2D eigenvalue weighted by Crippen LogP contribution is -2.28. The Balaban J connectivity index is 1.79. The third kappa shape index (κ3) is 5.12. The van der Waals surface area contributed by atoms with E-state index >= 15 is 0 Å². The first-order chi connectivity index (χ1) is 11.5. The van der Waals surface area contributed by atoms with Gasteiger partial charge in [0.15, 0.2) is 6.61 Å². The molecule has 2 aromatic rings. The molecule has 2 amide bonds. The van der Waals surface area contributed by atoms with Crippen LogP contribution in [0.15, 0.2) is 48.5 Å². The number of amides is 2. The molecule has 24 heavy (non-hydrogen) atoms. The van der Waals surface area contributed by atoms with Gasteiger partial charge in [0.1, 0.15) is 5.75 Å². The highest BCUT2D eigenvalue weighted by Gasteiger charge is 2.08. The van der Waals surface area contributed by atoms with Gasteiger partial charge in [-0.1, -0.05) is 29.8 Å². The molecule has 0 spiro atoms. The Morgan fingerprint density at radius 2 is 1.62 bits per heavy atom. The van der Waals surface area contributed by atoms with Crippen LogP contribution in [-0.4, -0.2) is 37.4 Å². The molecular formula is C19H22N2O3. The number of ether oxygens (including phenoxy) is 1. The van der Waals surface area contributed by atoms with Crippen LogP contribution in [0, 0.1) is 6.92 Å². The average Bonchev–Trinajstić information content (AvgIpc) is 2.59. The summed E-state index contributed by atoms with van der Waals surface area (Å²) in [6, 6.07) is 14.7. The lowest BCUT2D eigenvalue weighted by molar-refractivity contribution is -0.123. The Morgan fingerprint density at radius 1 is 1.00 bits per heavy atom. The zero-order chi connectivity index (χ0) is 17.5. The number of hydrogen-bond acceptors (Lipinski definition) is 3. The van der Waals surface area contributed by atoms with Crippen molar-refractivity contribution in [1.29, 1.82) is 0 Å². The van der Waals surface area contributed by atoms with Crippen LogP contribution in [0.25, 0.3) is 0 Å². The van der Waals surface area contributed by atoms with E-state index in [1.54, 1.807) is 26.2 Å². The molecule has 0 unspecified atom stereocenters. The highest BCUT2D eigenvalue weighted by molar-refractivity contribution is 5.93. The van der Waals surface area contributed by atoms with Crippen LogP contribution in [0.5, 0.6) is 5.75 Å². The van der Waals surface area contributed by atoms with Crippen molar-refractivity contribution in [2.75, 3.05) is 20.7 Å². The van der Waals surface area contributed by atoms with Gasteiger partial charge in [-0.25, -0.2) is 0 Å². The average molecular weight is 326 g/mol. The molecule has 0 aliphatic heterocycles. The van der Waals surface area contributed by atoms with Gasteiger partial charge in [0.2, 0.25) is 0 Å². The van der Waals surface area contributed by atoms with Crippen molar-refractivity contribution in [2.45, 2.75) is 13.5 Å². The van der Waals surface area contributed by atoms with Crippen molar-refractivity contribution < 1.29 is 14.3 Å². The Morgan fingerprint density at radius 3 is 2.21 bits per heavy atom. The molecule has 0 saturated carbocycles. The van der Waals surface area contributed by atoms with E-state index in [0.717, 1.165) is 11.1 Å². The van der Waals surface area contributed by atoms with Crippen molar-refractivity contribution in [3.8, 4) is 5.75 Å². The summed E-state index contributed by atoms with van der Waals surface area (Å²) in [6.07, 6.45) is 0. The maximum absolute atomic E-state index is 11.8. The van der Waals surface area contributed by atoms with Crippen molar-refractivity contribution in [2.24, 2.45) is 0 Å². The molecule has 2 rings (SSSR count). The Kier molecular flexibility index (Phi) is 5.95. The van der Waals surface area contributed by atoms with Crippen LogP contribution in [0.4, 0.5) is 0 Å². The van der Waals surface area contributed by atoms with Crippen LogP contribution in [-0.2, 0) is 11.3 Å². The normalized spacial score (nSPS) is 10.1. The summed E-state index contributed by atoms with van der Waals surface area (Å²) in [4.78, 5) is 25.2. The molecule has 0 atom stereocenters. The van der Waals surface area contributed by atoms with Crippen LogP contribution in [0.1, 0.15) is 21.5 Å². The van der Waals surface area contributed by atoms with Gasteiger partial charge in [-0.15, -0.1) is 0 Å². The third-order valence-corrected chi connectivity index (χ3v) is 3.49. The Hall–Kier alpha value is -2.82. The van der Waals surface area contributed by atoms with E-state index in [9.17, 15) is 9.59 Å². The molecule has 2 aromatic carbocycles. The molecule has 1 N–H and O–H groups in total. The quantitative estimate of drug-likeness (QED) is 0.887. The fourth-order valence-electron chi connectivity index (χ4n) is 2.06. The van der Waals surface area contributed by atoms with Crippen LogP contribution in [0.3, 0.4) is 0 Å². The number of rotatable bonds is 6. The van der Waals surface area contributed by atoms with Crippen LogP contribution >= 0.6 is 0 Å². The minimum atomic E-state index is -0.191. The fourth-order valence-corrected chi connectivity index (χ4v) is 2.06. The van der Waals surface area contributed by atoms with E-state index in [0.29, 0.717) is 17.9 Å². The molecule has 0 heterocycles. The molecule has 126 valence electrons. The highest BCUT2D eigenvalue weighted by atomic mass is 16.5. The predicted molar refractivity (Wildman–Crippen MR) is 93.0 cm³/mol. The fraction of sp³-hybridized carbons (Fsp3) is 0.263. The first kappa shape index (κ1) is 17.5. The minimum Gasteiger partial charge on any atom is -0.484 e. The monoisotopic (exact) mass is 326 g/mol. The van der Waals surface area contributed by atoms with E-state index < -0.39 is 0 Å². The summed E-state index contributed by atoms with van der Waals surface area (Å²) < 4.78 is 5.43. The van der Waals surface area contributed by atoms with E-state index in [4.69, 9.17) is 4.74 Å². The Labute approximate surface area is 142 Å². The number of aryl methyl sites for hydroxylation is 1. The Bertz CT molecular complexity index is 692. The van der Waals surface area contributed by atoms with Crippen LogP contribution < -0.4 is 10.1 Å². The molecular weight excluding hydrogens is 304 g/mol. The smallest absolute Gasteiger partial charge is 0.258 e. The summed E-state index contributed by atoms with van der Waals surface area (Å²) in [6.45, 7) is 2.36. The van der Waals surface area contributed by atoms with E-state index in [1.165, 1.54) is 4.90 Å². The molecule has 0 saturated heterocycles. The summed E-state index contributed by atoms with van der Waals surface area (Å²) in [5.74, 6) is 0.434. The first-order valence-corrected chi connectivity index (χ1v) is 7.72. The van der Waals surface area contributed by atoms with Crippen molar-refractivity contribution in [3.63, 3.8) is 0 Å². The van der Waals surface area contributed by atoms with E-state index in [2.05, 4.69) is 5.32 Å². The summed E-state index contributed by atoms with van der Waals surface area (Å²) in [7, 11) is 3.43. The largest absolute Gasteiger partial charge is 0.484 e. The van der Waals surface area contributed by atoms with Gasteiger partial charge < -0.3 is 15.0 Å². The summed E-state index contributed by atoms with van der Waals surface area (Å²) >= 11 is 0. The van der Waals surface area contributed by atoms with Gasteiger partial charge in [0.25, 0.3) is 11.8 Å². The van der Waals surface area contributed by atoms with Gasteiger partial charge in [-0.3, -0.25) is 9.59 Å². The second kappa shape index (κ2) is 8.15. The van der Waals surface area contributed by atoms with Crippen molar-refractivity contribution in [3.05, 3.63) is 65.2 Å².